The van der Waals surface area contributed by atoms with Gasteiger partial charge in [-0.3, -0.25) is 4.90 Å². The number of aliphatic hydroxyl groups excluding tert-OH is 1. The summed E-state index contributed by atoms with van der Waals surface area (Å²) in [6, 6.07) is 0.847. The Bertz CT molecular complexity index is 224. The highest BCUT2D eigenvalue weighted by atomic mass is 16.5. The van der Waals surface area contributed by atoms with Gasteiger partial charge in [0.05, 0.1) is 13.2 Å². The monoisotopic (exact) mass is 274 g/mol. The molecule has 0 saturated carbocycles. The van der Waals surface area contributed by atoms with Crippen molar-refractivity contribution in [2.24, 2.45) is 0 Å². The number of hydrogen-bond donors (Lipinski definition) is 2. The summed E-state index contributed by atoms with van der Waals surface area (Å²) in [6.45, 7) is 13.8. The molecule has 2 N–H and O–H groups in total. The van der Waals surface area contributed by atoms with Gasteiger partial charge in [0, 0.05) is 24.7 Å². The van der Waals surface area contributed by atoms with E-state index >= 15 is 0 Å². The zero-order valence-corrected chi connectivity index (χ0v) is 13.7. The van der Waals surface area contributed by atoms with E-state index in [1.54, 1.807) is 7.11 Å². The summed E-state index contributed by atoms with van der Waals surface area (Å²) in [7, 11) is 1.75. The molecule has 0 radical (unpaired) electrons. The normalized spacial score (nSPS) is 16.9. The van der Waals surface area contributed by atoms with E-state index in [9.17, 15) is 5.11 Å². The summed E-state index contributed by atoms with van der Waals surface area (Å²) in [5.74, 6) is 0. The molecule has 2 atom stereocenters. The third-order valence-electron chi connectivity index (χ3n) is 3.60. The SMILES string of the molecule is CCN(CCCC(C)(CO)NC(C)C)C(C)COC. The van der Waals surface area contributed by atoms with Crippen molar-refractivity contribution in [2.45, 2.75) is 65.1 Å². The molecule has 0 aromatic carbocycles. The fourth-order valence-corrected chi connectivity index (χ4v) is 2.60. The van der Waals surface area contributed by atoms with Crippen molar-refractivity contribution in [3.63, 3.8) is 0 Å². The molecule has 19 heavy (non-hydrogen) atoms. The Morgan fingerprint density at radius 1 is 1.32 bits per heavy atom. The minimum Gasteiger partial charge on any atom is -0.394 e. The van der Waals surface area contributed by atoms with Crippen LogP contribution in [0.5, 0.6) is 0 Å². The molecule has 4 nitrogen and oxygen atoms in total. The first kappa shape index (κ1) is 18.8. The van der Waals surface area contributed by atoms with Crippen molar-refractivity contribution in [1.82, 2.24) is 10.2 Å². The molecule has 0 fully saturated rings. The van der Waals surface area contributed by atoms with Crippen LogP contribution in [0, 0.1) is 0 Å². The molecule has 0 aliphatic carbocycles. The van der Waals surface area contributed by atoms with E-state index in [-0.39, 0.29) is 12.1 Å². The number of likely N-dealkylation sites (N-methyl/N-ethyl adjacent to an activating group) is 1. The first-order valence-corrected chi connectivity index (χ1v) is 7.50. The van der Waals surface area contributed by atoms with Crippen LogP contribution in [0.1, 0.15) is 47.5 Å². The summed E-state index contributed by atoms with van der Waals surface area (Å²) in [5, 5.41) is 13.0. The number of rotatable bonds is 11. The average molecular weight is 274 g/mol. The van der Waals surface area contributed by atoms with Gasteiger partial charge in [-0.25, -0.2) is 0 Å². The maximum absolute atomic E-state index is 9.55. The number of ether oxygens (including phenoxy) is 1. The second-order valence-corrected chi connectivity index (χ2v) is 6.05. The van der Waals surface area contributed by atoms with E-state index in [4.69, 9.17) is 4.74 Å². The second-order valence-electron chi connectivity index (χ2n) is 6.05. The highest BCUT2D eigenvalue weighted by Crippen LogP contribution is 2.14. The van der Waals surface area contributed by atoms with Gasteiger partial charge in [-0.05, 0) is 39.8 Å². The molecule has 0 saturated heterocycles. The molecular weight excluding hydrogens is 240 g/mol. The maximum atomic E-state index is 9.55. The van der Waals surface area contributed by atoms with Crippen LogP contribution in [0.4, 0.5) is 0 Å². The van der Waals surface area contributed by atoms with Crippen LogP contribution in [-0.2, 0) is 4.74 Å². The number of nitrogens with zero attached hydrogens (tertiary/aromatic N) is 1. The van der Waals surface area contributed by atoms with Crippen molar-refractivity contribution < 1.29 is 9.84 Å². The van der Waals surface area contributed by atoms with Gasteiger partial charge >= 0.3 is 0 Å². The molecule has 0 aliphatic heterocycles. The van der Waals surface area contributed by atoms with Crippen LogP contribution in [0.2, 0.25) is 0 Å². The zero-order chi connectivity index (χ0) is 14.9. The molecular formula is C15H34N2O2. The predicted molar refractivity (Wildman–Crippen MR) is 81.6 cm³/mol. The highest BCUT2D eigenvalue weighted by molar-refractivity contribution is 4.84. The van der Waals surface area contributed by atoms with Crippen molar-refractivity contribution in [3.05, 3.63) is 0 Å². The minimum atomic E-state index is -0.169. The summed E-state index contributed by atoms with van der Waals surface area (Å²) >= 11 is 0. The summed E-state index contributed by atoms with van der Waals surface area (Å²) < 4.78 is 5.21. The predicted octanol–water partition coefficient (Wildman–Crippen LogP) is 1.87. The van der Waals surface area contributed by atoms with Gasteiger partial charge in [0.15, 0.2) is 0 Å². The first-order chi connectivity index (χ1) is 8.88. The Kier molecular flexibility index (Phi) is 9.62. The Labute approximate surface area is 119 Å². The molecule has 0 aromatic heterocycles. The lowest BCUT2D eigenvalue weighted by Gasteiger charge is -2.33. The Morgan fingerprint density at radius 3 is 2.37 bits per heavy atom. The largest absolute Gasteiger partial charge is 0.394 e. The van der Waals surface area contributed by atoms with Crippen LogP contribution < -0.4 is 5.32 Å². The van der Waals surface area contributed by atoms with Crippen molar-refractivity contribution >= 4 is 0 Å². The zero-order valence-electron chi connectivity index (χ0n) is 13.7. The van der Waals surface area contributed by atoms with Gasteiger partial charge in [0.25, 0.3) is 0 Å². The van der Waals surface area contributed by atoms with Crippen molar-refractivity contribution in [1.29, 1.82) is 0 Å². The Balaban J connectivity index is 4.15. The summed E-state index contributed by atoms with van der Waals surface area (Å²) in [4.78, 5) is 2.43. The molecule has 4 heteroatoms. The van der Waals surface area contributed by atoms with Crippen LogP contribution >= 0.6 is 0 Å². The molecule has 0 rings (SSSR count). The lowest BCUT2D eigenvalue weighted by Crippen LogP contribution is -2.49. The van der Waals surface area contributed by atoms with Gasteiger partial charge in [0.2, 0.25) is 0 Å². The fraction of sp³-hybridized carbons (Fsp3) is 1.00. The molecule has 0 heterocycles. The number of hydrogen-bond acceptors (Lipinski definition) is 4. The molecule has 116 valence electrons. The molecule has 0 spiro atoms. The van der Waals surface area contributed by atoms with E-state index in [0.717, 1.165) is 32.5 Å². The number of aliphatic hydroxyl groups is 1. The lowest BCUT2D eigenvalue weighted by atomic mass is 9.95. The third kappa shape index (κ3) is 7.88. The van der Waals surface area contributed by atoms with Gasteiger partial charge in [-0.2, -0.15) is 0 Å². The fourth-order valence-electron chi connectivity index (χ4n) is 2.60. The quantitative estimate of drug-likeness (QED) is 0.604. The van der Waals surface area contributed by atoms with E-state index in [2.05, 4.69) is 44.8 Å². The Hall–Kier alpha value is -0.160. The molecule has 2 unspecified atom stereocenters. The third-order valence-corrected chi connectivity index (χ3v) is 3.60. The smallest absolute Gasteiger partial charge is 0.0615 e. The summed E-state index contributed by atoms with van der Waals surface area (Å²) in [6.07, 6.45) is 2.07. The second kappa shape index (κ2) is 9.70. The lowest BCUT2D eigenvalue weighted by molar-refractivity contribution is 0.0956. The van der Waals surface area contributed by atoms with Gasteiger partial charge in [0.1, 0.15) is 0 Å². The van der Waals surface area contributed by atoms with Crippen LogP contribution in [0.25, 0.3) is 0 Å². The van der Waals surface area contributed by atoms with Crippen molar-refractivity contribution in [3.8, 4) is 0 Å². The highest BCUT2D eigenvalue weighted by Gasteiger charge is 2.23. The van der Waals surface area contributed by atoms with Crippen molar-refractivity contribution in [2.75, 3.05) is 33.4 Å². The van der Waals surface area contributed by atoms with E-state index < -0.39 is 0 Å². The topological polar surface area (TPSA) is 44.7 Å². The minimum absolute atomic E-state index is 0.169. The summed E-state index contributed by atoms with van der Waals surface area (Å²) in [5.41, 5.74) is -0.169. The van der Waals surface area contributed by atoms with E-state index in [1.165, 1.54) is 0 Å². The van der Waals surface area contributed by atoms with Gasteiger partial charge < -0.3 is 15.2 Å². The maximum Gasteiger partial charge on any atom is 0.0615 e. The van der Waals surface area contributed by atoms with Crippen LogP contribution in [0.15, 0.2) is 0 Å². The van der Waals surface area contributed by atoms with Crippen LogP contribution in [0.3, 0.4) is 0 Å². The number of nitrogens with one attached hydrogen (secondary N) is 1. The molecule has 0 amide bonds. The van der Waals surface area contributed by atoms with E-state index in [1.807, 2.05) is 0 Å². The standard InChI is InChI=1S/C15H34N2O2/c1-7-17(14(4)11-19-6)10-8-9-15(5,12-18)16-13(2)3/h13-14,16,18H,7-12H2,1-6H3. The Morgan fingerprint density at radius 2 is 1.95 bits per heavy atom. The van der Waals surface area contributed by atoms with Crippen LogP contribution in [-0.4, -0.2) is 61.0 Å². The van der Waals surface area contributed by atoms with Gasteiger partial charge in [-0.1, -0.05) is 20.8 Å². The molecule has 0 aliphatic rings. The molecule has 0 bridgehead atoms. The first-order valence-electron chi connectivity index (χ1n) is 7.50. The average Bonchev–Trinajstić information content (AvgIpc) is 2.34. The number of methoxy groups -OCH3 is 1. The molecule has 0 aromatic rings. The van der Waals surface area contributed by atoms with E-state index in [0.29, 0.717) is 12.1 Å². The van der Waals surface area contributed by atoms with Gasteiger partial charge in [-0.15, -0.1) is 0 Å².